The number of nitrogens with zero attached hydrogens (tertiary/aromatic N) is 3. The van der Waals surface area contributed by atoms with Crippen LogP contribution < -0.4 is 10.6 Å². The fraction of sp³-hybridized carbons (Fsp3) is 0.458. The summed E-state index contributed by atoms with van der Waals surface area (Å²) in [5.74, 6) is 6.39. The number of carbonyl (C=O) groups is 1. The lowest BCUT2D eigenvalue weighted by atomic mass is 9.76. The second-order valence-corrected chi connectivity index (χ2v) is 8.91. The van der Waals surface area contributed by atoms with Crippen LogP contribution in [0.3, 0.4) is 0 Å². The van der Waals surface area contributed by atoms with Gasteiger partial charge in [-0.1, -0.05) is 30.2 Å². The fourth-order valence-electron chi connectivity index (χ4n) is 5.01. The van der Waals surface area contributed by atoms with E-state index in [-0.39, 0.29) is 24.3 Å². The van der Waals surface area contributed by atoms with Crippen molar-refractivity contribution in [2.24, 2.45) is 23.0 Å². The number of hydrogen-bond acceptors (Lipinski definition) is 5. The highest BCUT2D eigenvalue weighted by molar-refractivity contribution is 5.80. The molecule has 2 aromatic rings. The van der Waals surface area contributed by atoms with Gasteiger partial charge < -0.3 is 15.7 Å². The van der Waals surface area contributed by atoms with Gasteiger partial charge in [0.2, 0.25) is 5.91 Å². The maximum atomic E-state index is 11.1. The Labute approximate surface area is 176 Å². The molecule has 1 amide bonds. The summed E-state index contributed by atoms with van der Waals surface area (Å²) in [7, 11) is 0. The zero-order valence-electron chi connectivity index (χ0n) is 17.0. The Hall–Kier alpha value is -2.91. The van der Waals surface area contributed by atoms with Crippen molar-refractivity contribution < 1.29 is 9.90 Å². The molecular formula is C24H26N4O2. The lowest BCUT2D eigenvalue weighted by Gasteiger charge is -2.40. The number of aliphatic hydroxyl groups excluding tert-OH is 1. The molecular weight excluding hydrogens is 376 g/mol. The number of rotatable bonds is 3. The predicted molar refractivity (Wildman–Crippen MR) is 113 cm³/mol. The van der Waals surface area contributed by atoms with Crippen LogP contribution in [0, 0.1) is 29.1 Å². The third kappa shape index (κ3) is 3.54. The van der Waals surface area contributed by atoms with E-state index in [0.717, 1.165) is 51.0 Å². The highest BCUT2D eigenvalue weighted by atomic mass is 16.3. The second kappa shape index (κ2) is 7.41. The number of hydrogen-bond donors (Lipinski definition) is 2. The molecule has 3 aliphatic rings. The number of benzene rings is 1. The number of nitrogens with two attached hydrogens (primary N) is 1. The van der Waals surface area contributed by atoms with E-state index in [1.807, 2.05) is 0 Å². The molecule has 2 heterocycles. The Bertz CT molecular complexity index is 1020. The van der Waals surface area contributed by atoms with Gasteiger partial charge in [-0.2, -0.15) is 0 Å². The SMILES string of the molecule is NC(=O)C1CC1C#Cc1cnc(N2CCC3(CC2)Cc2ccccc2C3)c(CO)n1. The summed E-state index contributed by atoms with van der Waals surface area (Å²) in [6.45, 7) is 1.67. The number of aliphatic hydroxyl groups is 1. The Morgan fingerprint density at radius 1 is 1.23 bits per heavy atom. The van der Waals surface area contributed by atoms with Crippen LogP contribution in [-0.4, -0.2) is 34.1 Å². The van der Waals surface area contributed by atoms with Crippen molar-refractivity contribution in [3.63, 3.8) is 0 Å². The van der Waals surface area contributed by atoms with Gasteiger partial charge in [0.15, 0.2) is 5.82 Å². The summed E-state index contributed by atoms with van der Waals surface area (Å²) < 4.78 is 0. The lowest BCUT2D eigenvalue weighted by Crippen LogP contribution is -2.41. The molecule has 1 aromatic heterocycles. The molecule has 154 valence electrons. The number of fused-ring (bicyclic) bond motifs is 1. The Morgan fingerprint density at radius 2 is 1.93 bits per heavy atom. The lowest BCUT2D eigenvalue weighted by molar-refractivity contribution is -0.119. The minimum Gasteiger partial charge on any atom is -0.390 e. The minimum atomic E-state index is -0.292. The molecule has 3 N–H and O–H groups in total. The van der Waals surface area contributed by atoms with Gasteiger partial charge in [-0.25, -0.2) is 9.97 Å². The van der Waals surface area contributed by atoms with Gasteiger partial charge >= 0.3 is 0 Å². The molecule has 0 bridgehead atoms. The van der Waals surface area contributed by atoms with Crippen molar-refractivity contribution in [2.45, 2.75) is 38.7 Å². The third-order valence-corrected chi connectivity index (χ3v) is 6.89. The van der Waals surface area contributed by atoms with Crippen LogP contribution in [-0.2, 0) is 24.2 Å². The van der Waals surface area contributed by atoms with Crippen molar-refractivity contribution in [3.8, 4) is 11.8 Å². The Morgan fingerprint density at radius 3 is 2.53 bits per heavy atom. The largest absolute Gasteiger partial charge is 0.390 e. The van der Waals surface area contributed by atoms with Crippen molar-refractivity contribution >= 4 is 11.7 Å². The zero-order chi connectivity index (χ0) is 20.7. The number of primary amides is 1. The molecule has 1 spiro atoms. The third-order valence-electron chi connectivity index (χ3n) is 6.89. The molecule has 1 saturated carbocycles. The van der Waals surface area contributed by atoms with Crippen molar-refractivity contribution in [1.29, 1.82) is 0 Å². The molecule has 2 unspecified atom stereocenters. The van der Waals surface area contributed by atoms with Crippen LogP contribution in [0.4, 0.5) is 5.82 Å². The zero-order valence-corrected chi connectivity index (χ0v) is 17.0. The van der Waals surface area contributed by atoms with E-state index < -0.39 is 0 Å². The van der Waals surface area contributed by atoms with E-state index in [2.05, 4.69) is 51.0 Å². The highest BCUT2D eigenvalue weighted by Crippen LogP contribution is 2.45. The van der Waals surface area contributed by atoms with Crippen molar-refractivity contribution in [1.82, 2.24) is 9.97 Å². The monoisotopic (exact) mass is 402 g/mol. The number of amides is 1. The van der Waals surface area contributed by atoms with Gasteiger partial charge in [0.25, 0.3) is 0 Å². The Kier molecular flexibility index (Phi) is 4.71. The average molecular weight is 402 g/mol. The standard InChI is InChI=1S/C24H26N4O2/c25-22(30)20-11-16(20)5-6-19-14-26-23(21(15-29)27-19)28-9-7-24(8-10-28)12-17-3-1-2-4-18(17)13-24/h1-4,14,16,20,29H,7-13,15H2,(H2,25,30). The maximum Gasteiger partial charge on any atom is 0.221 e. The van der Waals surface area contributed by atoms with Crippen LogP contribution in [0.2, 0.25) is 0 Å². The van der Waals surface area contributed by atoms with Crippen molar-refractivity contribution in [3.05, 3.63) is 53.0 Å². The van der Waals surface area contributed by atoms with E-state index in [4.69, 9.17) is 5.73 Å². The summed E-state index contributed by atoms with van der Waals surface area (Å²) in [5.41, 5.74) is 9.75. The molecule has 6 nitrogen and oxygen atoms in total. The highest BCUT2D eigenvalue weighted by Gasteiger charge is 2.41. The smallest absolute Gasteiger partial charge is 0.221 e. The number of carbonyl (C=O) groups excluding carboxylic acids is 1. The normalized spacial score (nSPS) is 23.6. The first kappa shape index (κ1) is 19.1. The molecule has 30 heavy (non-hydrogen) atoms. The van der Waals surface area contributed by atoms with Crippen LogP contribution in [0.25, 0.3) is 0 Å². The average Bonchev–Trinajstić information content (AvgIpc) is 3.46. The van der Waals surface area contributed by atoms with Gasteiger partial charge in [-0.15, -0.1) is 0 Å². The van der Waals surface area contributed by atoms with E-state index in [1.54, 1.807) is 6.20 Å². The summed E-state index contributed by atoms with van der Waals surface area (Å²) in [6.07, 6.45) is 6.95. The van der Waals surface area contributed by atoms with Crippen molar-refractivity contribution in [2.75, 3.05) is 18.0 Å². The summed E-state index contributed by atoms with van der Waals surface area (Å²) in [6, 6.07) is 8.80. The Balaban J connectivity index is 1.27. The first-order valence-electron chi connectivity index (χ1n) is 10.7. The van der Waals surface area contributed by atoms with E-state index in [1.165, 1.54) is 11.1 Å². The molecule has 1 aromatic carbocycles. The summed E-state index contributed by atoms with van der Waals surface area (Å²) in [5, 5.41) is 9.86. The number of aromatic nitrogens is 2. The van der Waals surface area contributed by atoms with Crippen LogP contribution >= 0.6 is 0 Å². The fourth-order valence-corrected chi connectivity index (χ4v) is 5.01. The molecule has 1 aliphatic heterocycles. The van der Waals surface area contributed by atoms with Gasteiger partial charge in [0.1, 0.15) is 11.4 Å². The van der Waals surface area contributed by atoms with Gasteiger partial charge in [-0.3, -0.25) is 4.79 Å². The van der Waals surface area contributed by atoms with Crippen LogP contribution in [0.15, 0.2) is 30.5 Å². The van der Waals surface area contributed by atoms with Crippen LogP contribution in [0.5, 0.6) is 0 Å². The van der Waals surface area contributed by atoms with E-state index in [0.29, 0.717) is 16.8 Å². The summed E-state index contributed by atoms with van der Waals surface area (Å²) >= 11 is 0. The molecule has 2 fully saturated rings. The molecule has 6 heteroatoms. The minimum absolute atomic E-state index is 0.0235. The molecule has 0 radical (unpaired) electrons. The first-order chi connectivity index (χ1) is 14.6. The van der Waals surface area contributed by atoms with E-state index >= 15 is 0 Å². The van der Waals surface area contributed by atoms with Gasteiger partial charge in [0.05, 0.1) is 18.7 Å². The molecule has 1 saturated heterocycles. The van der Waals surface area contributed by atoms with E-state index in [9.17, 15) is 9.90 Å². The van der Waals surface area contributed by atoms with Gasteiger partial charge in [0, 0.05) is 19.0 Å². The molecule has 2 aliphatic carbocycles. The second-order valence-electron chi connectivity index (χ2n) is 8.91. The predicted octanol–water partition coefficient (Wildman–Crippen LogP) is 1.83. The maximum absolute atomic E-state index is 11.1. The number of piperidine rings is 1. The van der Waals surface area contributed by atoms with Gasteiger partial charge in [-0.05, 0) is 54.6 Å². The quantitative estimate of drug-likeness (QED) is 0.764. The first-order valence-corrected chi connectivity index (χ1v) is 10.7. The number of anilines is 1. The topological polar surface area (TPSA) is 92.3 Å². The van der Waals surface area contributed by atoms with Crippen LogP contribution in [0.1, 0.15) is 41.8 Å². The molecule has 5 rings (SSSR count). The molecule has 2 atom stereocenters. The summed E-state index contributed by atoms with van der Waals surface area (Å²) in [4.78, 5) is 22.5.